The number of carboxylic acid groups (broad SMARTS) is 1. The molecule has 3 rings (SSSR count). The van der Waals surface area contributed by atoms with Gasteiger partial charge in [-0.3, -0.25) is 14.4 Å². The Bertz CT molecular complexity index is 1300. The summed E-state index contributed by atoms with van der Waals surface area (Å²) in [5.41, 5.74) is 7.88. The van der Waals surface area contributed by atoms with Gasteiger partial charge in [0.05, 0.1) is 12.4 Å². The molecule has 41 heavy (non-hydrogen) atoms. The number of imidazole rings is 1. The molecule has 2 aromatic carbocycles. The Labute approximate surface area is 237 Å². The summed E-state index contributed by atoms with van der Waals surface area (Å²) in [6.07, 6.45) is 3.04. The molecule has 8 N–H and O–H groups in total. The molecule has 218 valence electrons. The van der Waals surface area contributed by atoms with Crippen LogP contribution < -0.4 is 21.7 Å². The van der Waals surface area contributed by atoms with Crippen molar-refractivity contribution in [1.29, 1.82) is 0 Å². The quantitative estimate of drug-likeness (QED) is 0.148. The maximum Gasteiger partial charge on any atom is 0.326 e. The van der Waals surface area contributed by atoms with Crippen LogP contribution in [0.3, 0.4) is 0 Å². The summed E-state index contributed by atoms with van der Waals surface area (Å²) in [5, 5.41) is 27.2. The van der Waals surface area contributed by atoms with E-state index in [1.807, 2.05) is 6.07 Å². The topological polar surface area (TPSA) is 200 Å². The third-order valence-electron chi connectivity index (χ3n) is 6.54. The molecule has 1 aromatic heterocycles. The fourth-order valence-electron chi connectivity index (χ4n) is 4.07. The smallest absolute Gasteiger partial charge is 0.326 e. The number of aromatic hydroxyl groups is 1. The molecule has 0 saturated carbocycles. The monoisotopic (exact) mass is 564 g/mol. The normalized spacial score (nSPS) is 14.0. The van der Waals surface area contributed by atoms with Crippen molar-refractivity contribution in [2.45, 2.75) is 57.3 Å². The van der Waals surface area contributed by atoms with Crippen molar-refractivity contribution in [3.05, 3.63) is 83.9 Å². The van der Waals surface area contributed by atoms with Crippen molar-refractivity contribution in [2.24, 2.45) is 11.7 Å². The van der Waals surface area contributed by atoms with Crippen molar-refractivity contribution in [2.75, 3.05) is 0 Å². The summed E-state index contributed by atoms with van der Waals surface area (Å²) >= 11 is 0. The van der Waals surface area contributed by atoms with E-state index in [0.717, 1.165) is 5.56 Å². The van der Waals surface area contributed by atoms with Crippen molar-refractivity contribution in [1.82, 2.24) is 25.9 Å². The highest BCUT2D eigenvalue weighted by atomic mass is 16.4. The minimum atomic E-state index is -1.30. The molecule has 3 aromatic rings. The van der Waals surface area contributed by atoms with Crippen LogP contribution in [0.25, 0.3) is 0 Å². The van der Waals surface area contributed by atoms with E-state index in [2.05, 4.69) is 25.9 Å². The van der Waals surface area contributed by atoms with Crippen LogP contribution in [-0.2, 0) is 38.4 Å². The first-order valence-electron chi connectivity index (χ1n) is 13.2. The number of hydrogen-bond acceptors (Lipinski definition) is 7. The second-order valence-corrected chi connectivity index (χ2v) is 10.1. The Kier molecular flexibility index (Phi) is 11.0. The van der Waals surface area contributed by atoms with Crippen LogP contribution in [0.15, 0.2) is 67.1 Å². The lowest BCUT2D eigenvalue weighted by Gasteiger charge is -2.26. The van der Waals surface area contributed by atoms with Crippen molar-refractivity contribution in [3.8, 4) is 5.75 Å². The molecule has 0 radical (unpaired) electrons. The Morgan fingerprint density at radius 1 is 0.805 bits per heavy atom. The van der Waals surface area contributed by atoms with Gasteiger partial charge in [-0.2, -0.15) is 0 Å². The summed E-state index contributed by atoms with van der Waals surface area (Å²) in [5.74, 6) is -3.29. The van der Waals surface area contributed by atoms with Crippen LogP contribution >= 0.6 is 0 Å². The standard InChI is InChI=1S/C29H36N6O6/c1-17(2)25(30)28(39)34-23(14-20-15-31-16-32-20)27(38)33-22(12-18-6-4-3-5-7-18)26(37)35-24(29(40)41)13-19-8-10-21(36)11-9-19/h3-11,15-17,22-25,36H,12-14,30H2,1-2H3,(H,31,32)(H,33,38)(H,34,39)(H,35,37)(H,40,41). The molecule has 0 aliphatic rings. The number of benzene rings is 2. The number of nitrogens with one attached hydrogen (secondary N) is 4. The fourth-order valence-corrected chi connectivity index (χ4v) is 4.07. The first-order valence-corrected chi connectivity index (χ1v) is 13.2. The van der Waals surface area contributed by atoms with E-state index in [0.29, 0.717) is 11.3 Å². The number of phenolic OH excluding ortho intramolecular Hbond substituents is 1. The average molecular weight is 565 g/mol. The number of phenols is 1. The van der Waals surface area contributed by atoms with E-state index < -0.39 is 47.9 Å². The number of aromatic nitrogens is 2. The number of carbonyl (C=O) groups excluding carboxylic acids is 3. The van der Waals surface area contributed by atoms with Crippen molar-refractivity contribution < 1.29 is 29.4 Å². The van der Waals surface area contributed by atoms with Gasteiger partial charge in [0, 0.05) is 31.2 Å². The fraction of sp³-hybridized carbons (Fsp3) is 0.345. The highest BCUT2D eigenvalue weighted by Crippen LogP contribution is 2.12. The summed E-state index contributed by atoms with van der Waals surface area (Å²) in [6, 6.07) is 10.5. The Morgan fingerprint density at radius 2 is 1.34 bits per heavy atom. The van der Waals surface area contributed by atoms with Gasteiger partial charge >= 0.3 is 5.97 Å². The second-order valence-electron chi connectivity index (χ2n) is 10.1. The third-order valence-corrected chi connectivity index (χ3v) is 6.54. The summed E-state index contributed by atoms with van der Waals surface area (Å²) in [6.45, 7) is 3.57. The lowest BCUT2D eigenvalue weighted by atomic mass is 10.0. The first-order chi connectivity index (χ1) is 19.5. The molecular formula is C29H36N6O6. The van der Waals surface area contributed by atoms with Crippen LogP contribution in [-0.4, -0.2) is 68.0 Å². The molecule has 12 nitrogen and oxygen atoms in total. The van der Waals surface area contributed by atoms with Gasteiger partial charge in [-0.05, 0) is 29.2 Å². The molecule has 3 amide bonds. The van der Waals surface area contributed by atoms with E-state index in [1.54, 1.807) is 50.2 Å². The number of carbonyl (C=O) groups is 4. The van der Waals surface area contributed by atoms with E-state index in [-0.39, 0.29) is 30.9 Å². The number of nitrogens with zero attached hydrogens (tertiary/aromatic N) is 1. The van der Waals surface area contributed by atoms with Crippen LogP contribution in [0.5, 0.6) is 5.75 Å². The first kappa shape index (κ1) is 30.8. The summed E-state index contributed by atoms with van der Waals surface area (Å²) in [4.78, 5) is 58.6. The molecule has 0 aliphatic carbocycles. The summed E-state index contributed by atoms with van der Waals surface area (Å²) < 4.78 is 0. The molecule has 0 saturated heterocycles. The van der Waals surface area contributed by atoms with Gasteiger partial charge in [0.15, 0.2) is 0 Å². The van der Waals surface area contributed by atoms with Crippen molar-refractivity contribution in [3.63, 3.8) is 0 Å². The van der Waals surface area contributed by atoms with E-state index in [4.69, 9.17) is 5.73 Å². The molecule has 4 unspecified atom stereocenters. The number of amides is 3. The highest BCUT2D eigenvalue weighted by Gasteiger charge is 2.31. The molecule has 4 atom stereocenters. The lowest BCUT2D eigenvalue weighted by Crippen LogP contribution is -2.58. The number of carboxylic acids is 1. The Balaban J connectivity index is 1.82. The minimum absolute atomic E-state index is 0.0291. The maximum absolute atomic E-state index is 13.5. The van der Waals surface area contributed by atoms with Crippen molar-refractivity contribution >= 4 is 23.7 Å². The average Bonchev–Trinajstić information content (AvgIpc) is 3.46. The van der Waals surface area contributed by atoms with Crippen LogP contribution in [0.2, 0.25) is 0 Å². The lowest BCUT2D eigenvalue weighted by molar-refractivity contribution is -0.142. The third kappa shape index (κ3) is 9.46. The van der Waals surface area contributed by atoms with Gasteiger partial charge in [0.1, 0.15) is 23.9 Å². The zero-order valence-corrected chi connectivity index (χ0v) is 22.9. The molecule has 12 heteroatoms. The molecule has 1 heterocycles. The van der Waals surface area contributed by atoms with Crippen LogP contribution in [0.4, 0.5) is 0 Å². The number of aromatic amines is 1. The number of aliphatic carboxylic acids is 1. The van der Waals surface area contributed by atoms with Gasteiger partial charge in [-0.15, -0.1) is 0 Å². The predicted octanol–water partition coefficient (Wildman–Crippen LogP) is 0.666. The SMILES string of the molecule is CC(C)C(N)C(=O)NC(Cc1cnc[nH]1)C(=O)NC(Cc1ccccc1)C(=O)NC(Cc1ccc(O)cc1)C(=O)O. The van der Waals surface area contributed by atoms with E-state index in [9.17, 15) is 29.4 Å². The highest BCUT2D eigenvalue weighted by molar-refractivity contribution is 5.94. The van der Waals surface area contributed by atoms with Gasteiger partial charge in [-0.1, -0.05) is 56.3 Å². The molecule has 0 bridgehead atoms. The van der Waals surface area contributed by atoms with Gasteiger partial charge in [0.25, 0.3) is 0 Å². The minimum Gasteiger partial charge on any atom is -0.508 e. The zero-order valence-electron chi connectivity index (χ0n) is 22.9. The zero-order chi connectivity index (χ0) is 29.9. The molecule has 0 aliphatic heterocycles. The van der Waals surface area contributed by atoms with Gasteiger partial charge in [0.2, 0.25) is 17.7 Å². The summed E-state index contributed by atoms with van der Waals surface area (Å²) in [7, 11) is 0. The number of hydrogen-bond donors (Lipinski definition) is 7. The second kappa shape index (κ2) is 14.6. The number of rotatable bonds is 14. The Hall–Kier alpha value is -4.71. The van der Waals surface area contributed by atoms with E-state index >= 15 is 0 Å². The van der Waals surface area contributed by atoms with Gasteiger partial charge in [-0.25, -0.2) is 9.78 Å². The van der Waals surface area contributed by atoms with Crippen LogP contribution in [0, 0.1) is 5.92 Å². The number of nitrogens with two attached hydrogens (primary N) is 1. The molecular weight excluding hydrogens is 528 g/mol. The molecule has 0 fully saturated rings. The number of H-pyrrole nitrogens is 1. The predicted molar refractivity (Wildman–Crippen MR) is 150 cm³/mol. The maximum atomic E-state index is 13.5. The Morgan fingerprint density at radius 3 is 1.90 bits per heavy atom. The van der Waals surface area contributed by atoms with E-state index in [1.165, 1.54) is 24.7 Å². The van der Waals surface area contributed by atoms with Crippen LogP contribution in [0.1, 0.15) is 30.7 Å². The largest absolute Gasteiger partial charge is 0.508 e. The van der Waals surface area contributed by atoms with Gasteiger partial charge < -0.3 is 36.9 Å². The molecule has 0 spiro atoms.